The monoisotopic (exact) mass is 292 g/mol. The van der Waals surface area contributed by atoms with Crippen molar-refractivity contribution in [3.63, 3.8) is 0 Å². The number of amides is 1. The van der Waals surface area contributed by atoms with Gasteiger partial charge in [0.2, 0.25) is 5.91 Å². The highest BCUT2D eigenvalue weighted by Gasteiger charge is 2.23. The number of imidazole rings is 1. The minimum atomic E-state index is 0.161. The van der Waals surface area contributed by atoms with Crippen LogP contribution in [0.4, 0.5) is 5.82 Å². The molecule has 5 nitrogen and oxygen atoms in total. The lowest BCUT2D eigenvalue weighted by Gasteiger charge is -2.10. The first-order valence-corrected chi connectivity index (χ1v) is 7.43. The van der Waals surface area contributed by atoms with Crippen molar-refractivity contribution in [2.75, 3.05) is 11.4 Å². The zero-order valence-electron chi connectivity index (χ0n) is 12.4. The molecule has 0 N–H and O–H groups in total. The number of aryl methyl sites for hydroxylation is 1. The molecule has 0 aliphatic carbocycles. The van der Waals surface area contributed by atoms with Crippen molar-refractivity contribution in [2.45, 2.75) is 19.8 Å². The van der Waals surface area contributed by atoms with Crippen molar-refractivity contribution in [3.05, 3.63) is 48.5 Å². The van der Waals surface area contributed by atoms with Gasteiger partial charge in [0.15, 0.2) is 5.82 Å². The van der Waals surface area contributed by atoms with Gasteiger partial charge in [-0.15, -0.1) is 0 Å². The molecule has 1 amide bonds. The van der Waals surface area contributed by atoms with E-state index in [1.807, 2.05) is 48.1 Å². The number of carbonyl (C=O) groups is 1. The van der Waals surface area contributed by atoms with Gasteiger partial charge in [0.25, 0.3) is 0 Å². The molecule has 0 saturated carbocycles. The molecule has 1 aliphatic heterocycles. The van der Waals surface area contributed by atoms with Crippen LogP contribution in [0.15, 0.2) is 42.9 Å². The molecule has 0 spiro atoms. The van der Waals surface area contributed by atoms with E-state index in [2.05, 4.69) is 16.0 Å². The molecule has 4 heterocycles. The number of rotatable bonds is 2. The van der Waals surface area contributed by atoms with E-state index in [0.717, 1.165) is 41.3 Å². The number of hydrogen-bond acceptors (Lipinski definition) is 3. The lowest BCUT2D eigenvalue weighted by atomic mass is 10.1. The summed E-state index contributed by atoms with van der Waals surface area (Å²) in [7, 11) is 0. The van der Waals surface area contributed by atoms with Crippen molar-refractivity contribution < 1.29 is 4.79 Å². The Labute approximate surface area is 128 Å². The molecule has 3 aromatic rings. The van der Waals surface area contributed by atoms with Crippen molar-refractivity contribution in [2.24, 2.45) is 0 Å². The fraction of sp³-hybridized carbons (Fsp3) is 0.235. The van der Waals surface area contributed by atoms with Crippen LogP contribution >= 0.6 is 0 Å². The number of fused-ring (bicyclic) bond motifs is 1. The maximum atomic E-state index is 11.8. The molecule has 0 radical (unpaired) electrons. The van der Waals surface area contributed by atoms with Gasteiger partial charge in [-0.1, -0.05) is 0 Å². The Kier molecular flexibility index (Phi) is 2.92. The summed E-state index contributed by atoms with van der Waals surface area (Å²) in [5.74, 6) is 0.902. The molecule has 110 valence electrons. The summed E-state index contributed by atoms with van der Waals surface area (Å²) in [6.45, 7) is 2.75. The van der Waals surface area contributed by atoms with Crippen molar-refractivity contribution >= 4 is 17.4 Å². The van der Waals surface area contributed by atoms with Crippen LogP contribution in [-0.4, -0.2) is 26.8 Å². The Morgan fingerprint density at radius 2 is 2.05 bits per heavy atom. The highest BCUT2D eigenvalue weighted by Crippen LogP contribution is 2.24. The highest BCUT2D eigenvalue weighted by atomic mass is 16.2. The summed E-state index contributed by atoms with van der Waals surface area (Å²) in [5, 5.41) is 0. The van der Waals surface area contributed by atoms with Crippen LogP contribution in [0.3, 0.4) is 0 Å². The third-order valence-electron chi connectivity index (χ3n) is 4.02. The van der Waals surface area contributed by atoms with E-state index < -0.39 is 0 Å². The van der Waals surface area contributed by atoms with E-state index in [-0.39, 0.29) is 5.91 Å². The first kappa shape index (κ1) is 13.0. The van der Waals surface area contributed by atoms with Gasteiger partial charge in [0.1, 0.15) is 5.65 Å². The van der Waals surface area contributed by atoms with Crippen LogP contribution in [0.1, 0.15) is 18.5 Å². The third kappa shape index (κ3) is 2.15. The van der Waals surface area contributed by atoms with Crippen LogP contribution < -0.4 is 4.90 Å². The molecule has 1 aliphatic rings. The second kappa shape index (κ2) is 4.94. The molecule has 1 fully saturated rings. The Morgan fingerprint density at radius 1 is 1.14 bits per heavy atom. The van der Waals surface area contributed by atoms with Crippen molar-refractivity contribution in [3.8, 4) is 11.1 Å². The largest absolute Gasteiger partial charge is 0.304 e. The number of anilines is 1. The van der Waals surface area contributed by atoms with Gasteiger partial charge in [-0.2, -0.15) is 0 Å². The summed E-state index contributed by atoms with van der Waals surface area (Å²) in [6.07, 6.45) is 7.32. The molecule has 0 atom stereocenters. The molecular weight excluding hydrogens is 276 g/mol. The minimum absolute atomic E-state index is 0.161. The Balaban J connectivity index is 1.76. The quantitative estimate of drug-likeness (QED) is 0.730. The Bertz CT molecular complexity index is 868. The molecule has 22 heavy (non-hydrogen) atoms. The van der Waals surface area contributed by atoms with Gasteiger partial charge in [0.05, 0.1) is 6.20 Å². The molecule has 0 aromatic carbocycles. The number of nitrogens with zero attached hydrogens (tertiary/aromatic N) is 4. The highest BCUT2D eigenvalue weighted by molar-refractivity contribution is 5.94. The number of hydrogen-bond donors (Lipinski definition) is 0. The average molecular weight is 292 g/mol. The number of pyridine rings is 2. The first-order chi connectivity index (χ1) is 10.7. The van der Waals surface area contributed by atoms with E-state index in [1.165, 1.54) is 0 Å². The minimum Gasteiger partial charge on any atom is -0.304 e. The fourth-order valence-electron chi connectivity index (χ4n) is 2.89. The average Bonchev–Trinajstić information content (AvgIpc) is 3.11. The zero-order chi connectivity index (χ0) is 15.1. The predicted octanol–water partition coefficient (Wildman–Crippen LogP) is 2.83. The van der Waals surface area contributed by atoms with E-state index in [4.69, 9.17) is 0 Å². The lowest BCUT2D eigenvalue weighted by Crippen LogP contribution is -2.23. The number of aromatic nitrogens is 3. The zero-order valence-corrected chi connectivity index (χ0v) is 12.4. The molecule has 4 rings (SSSR count). The molecular formula is C17H16N4O. The molecule has 0 bridgehead atoms. The lowest BCUT2D eigenvalue weighted by molar-refractivity contribution is -0.117. The summed E-state index contributed by atoms with van der Waals surface area (Å²) < 4.78 is 1.98. The summed E-state index contributed by atoms with van der Waals surface area (Å²) in [4.78, 5) is 22.4. The third-order valence-corrected chi connectivity index (χ3v) is 4.02. The fourth-order valence-corrected chi connectivity index (χ4v) is 2.89. The van der Waals surface area contributed by atoms with E-state index in [9.17, 15) is 4.79 Å². The molecule has 1 saturated heterocycles. The van der Waals surface area contributed by atoms with Crippen LogP contribution in [0.2, 0.25) is 0 Å². The van der Waals surface area contributed by atoms with Gasteiger partial charge in [-0.3, -0.25) is 14.7 Å². The van der Waals surface area contributed by atoms with Crippen molar-refractivity contribution in [1.82, 2.24) is 14.4 Å². The topological polar surface area (TPSA) is 50.5 Å². The Morgan fingerprint density at radius 3 is 2.82 bits per heavy atom. The van der Waals surface area contributed by atoms with Gasteiger partial charge >= 0.3 is 0 Å². The second-order valence-corrected chi connectivity index (χ2v) is 5.62. The maximum absolute atomic E-state index is 11.8. The van der Waals surface area contributed by atoms with Crippen molar-refractivity contribution in [1.29, 1.82) is 0 Å². The summed E-state index contributed by atoms with van der Waals surface area (Å²) >= 11 is 0. The van der Waals surface area contributed by atoms with Crippen LogP contribution in [-0.2, 0) is 4.79 Å². The standard InChI is InChI=1S/C17H16N4O/c1-12-9-13(6-7-18-12)14-4-5-15-19-16(11-20(15)10-14)21-8-2-3-17(21)22/h4-7,9-11H,2-3,8H2,1H3. The van der Waals surface area contributed by atoms with Crippen LogP contribution in [0.5, 0.6) is 0 Å². The van der Waals surface area contributed by atoms with Crippen LogP contribution in [0.25, 0.3) is 16.8 Å². The molecule has 3 aromatic heterocycles. The van der Waals surface area contributed by atoms with Gasteiger partial charge < -0.3 is 4.40 Å². The summed E-state index contributed by atoms with van der Waals surface area (Å²) in [5.41, 5.74) is 4.08. The molecule has 0 unspecified atom stereocenters. The predicted molar refractivity (Wildman–Crippen MR) is 84.7 cm³/mol. The second-order valence-electron chi connectivity index (χ2n) is 5.62. The SMILES string of the molecule is Cc1cc(-c2ccc3nc(N4CCCC4=O)cn3c2)ccn1. The first-order valence-electron chi connectivity index (χ1n) is 7.43. The van der Waals surface area contributed by atoms with E-state index in [0.29, 0.717) is 6.42 Å². The Hall–Kier alpha value is -2.69. The maximum Gasteiger partial charge on any atom is 0.228 e. The summed E-state index contributed by atoms with van der Waals surface area (Å²) in [6, 6.07) is 8.08. The molecule has 5 heteroatoms. The normalized spacial score (nSPS) is 15.0. The van der Waals surface area contributed by atoms with Crippen LogP contribution in [0, 0.1) is 6.92 Å². The van der Waals surface area contributed by atoms with E-state index in [1.54, 1.807) is 4.90 Å². The van der Waals surface area contributed by atoms with Gasteiger partial charge in [0, 0.05) is 31.1 Å². The van der Waals surface area contributed by atoms with E-state index >= 15 is 0 Å². The number of carbonyl (C=O) groups excluding carboxylic acids is 1. The van der Waals surface area contributed by atoms with Gasteiger partial charge in [-0.05, 0) is 48.7 Å². The smallest absolute Gasteiger partial charge is 0.228 e. The van der Waals surface area contributed by atoms with Gasteiger partial charge in [-0.25, -0.2) is 4.98 Å².